The predicted octanol–water partition coefficient (Wildman–Crippen LogP) is 5.38. The van der Waals surface area contributed by atoms with Gasteiger partial charge >= 0.3 is 5.97 Å². The van der Waals surface area contributed by atoms with Crippen LogP contribution in [0.3, 0.4) is 0 Å². The molecule has 2 heterocycles. The van der Waals surface area contributed by atoms with E-state index in [1.54, 1.807) is 73.1 Å². The van der Waals surface area contributed by atoms with E-state index in [2.05, 4.69) is 4.98 Å². The zero-order valence-corrected chi connectivity index (χ0v) is 22.6. The molecule has 1 amide bonds. The van der Waals surface area contributed by atoms with Gasteiger partial charge in [-0.2, -0.15) is 0 Å². The fourth-order valence-corrected chi connectivity index (χ4v) is 4.79. The molecule has 3 aromatic carbocycles. The summed E-state index contributed by atoms with van der Waals surface area (Å²) in [6.07, 6.45) is 3.24. The number of hydrogen-bond donors (Lipinski definition) is 1. The van der Waals surface area contributed by atoms with E-state index < -0.39 is 23.7 Å². The van der Waals surface area contributed by atoms with Crippen molar-refractivity contribution in [2.24, 2.45) is 0 Å². The molecule has 4 aromatic rings. The zero-order valence-electron chi connectivity index (χ0n) is 22.6. The summed E-state index contributed by atoms with van der Waals surface area (Å²) in [6, 6.07) is 23.7. The molecule has 41 heavy (non-hydrogen) atoms. The van der Waals surface area contributed by atoms with Gasteiger partial charge in [0.25, 0.3) is 11.7 Å². The Morgan fingerprint density at radius 2 is 1.63 bits per heavy atom. The van der Waals surface area contributed by atoms with Crippen LogP contribution in [0.4, 0.5) is 0 Å². The lowest BCUT2D eigenvalue weighted by atomic mass is 9.94. The maximum absolute atomic E-state index is 13.4. The lowest BCUT2D eigenvalue weighted by Gasteiger charge is -2.25. The Kier molecular flexibility index (Phi) is 7.92. The van der Waals surface area contributed by atoms with E-state index in [-0.39, 0.29) is 17.9 Å². The average Bonchev–Trinajstić information content (AvgIpc) is 3.25. The number of benzene rings is 3. The maximum Gasteiger partial charge on any atom is 0.337 e. The number of ketones is 1. The lowest BCUT2D eigenvalue weighted by molar-refractivity contribution is -0.140. The molecule has 1 saturated heterocycles. The van der Waals surface area contributed by atoms with Gasteiger partial charge in [-0.25, -0.2) is 4.79 Å². The first-order valence-corrected chi connectivity index (χ1v) is 13.0. The van der Waals surface area contributed by atoms with Gasteiger partial charge in [-0.05, 0) is 71.6 Å². The minimum absolute atomic E-state index is 0.0433. The Morgan fingerprint density at radius 3 is 2.29 bits per heavy atom. The highest BCUT2D eigenvalue weighted by atomic mass is 16.5. The summed E-state index contributed by atoms with van der Waals surface area (Å²) in [5.41, 5.74) is 4.11. The van der Waals surface area contributed by atoms with E-state index in [0.717, 1.165) is 16.7 Å². The standard InChI is InChI=1S/C33H28N2O6/c1-21-6-3-4-8-26(21)20-41-27-15-13-24(14-16-27)30(36)28-29(23-9-11-25(12-10-23)33(39)40-2)35(32(38)31(28)37)19-22-7-5-17-34-18-22/h3-18,29,36H,19-20H2,1-2H3/t29-/m1/s1. The predicted molar refractivity (Wildman–Crippen MR) is 152 cm³/mol. The van der Waals surface area contributed by atoms with Gasteiger partial charge in [0.1, 0.15) is 18.1 Å². The molecular weight excluding hydrogens is 520 g/mol. The number of carbonyl (C=O) groups is 3. The number of nitrogens with zero attached hydrogens (tertiary/aromatic N) is 2. The van der Waals surface area contributed by atoms with Crippen LogP contribution >= 0.6 is 0 Å². The van der Waals surface area contributed by atoms with Crippen LogP contribution < -0.4 is 4.74 Å². The molecule has 5 rings (SSSR count). The van der Waals surface area contributed by atoms with Gasteiger partial charge in [0.15, 0.2) is 0 Å². The molecule has 8 heteroatoms. The van der Waals surface area contributed by atoms with Crippen LogP contribution in [0.2, 0.25) is 0 Å². The maximum atomic E-state index is 13.4. The van der Waals surface area contributed by atoms with E-state index in [1.165, 1.54) is 12.0 Å². The highest BCUT2D eigenvalue weighted by Crippen LogP contribution is 2.40. The van der Waals surface area contributed by atoms with E-state index in [1.807, 2.05) is 31.2 Å². The number of rotatable bonds is 8. The van der Waals surface area contributed by atoms with Crippen molar-refractivity contribution in [3.05, 3.63) is 136 Å². The van der Waals surface area contributed by atoms with Crippen molar-refractivity contribution in [3.8, 4) is 5.75 Å². The number of aliphatic hydroxyl groups excluding tert-OH is 1. The van der Waals surface area contributed by atoms with E-state index in [9.17, 15) is 19.5 Å². The minimum Gasteiger partial charge on any atom is -0.507 e. The Labute approximate surface area is 237 Å². The number of carbonyl (C=O) groups excluding carboxylic acids is 3. The van der Waals surface area contributed by atoms with E-state index in [0.29, 0.717) is 29.0 Å². The van der Waals surface area contributed by atoms with Crippen molar-refractivity contribution in [1.82, 2.24) is 9.88 Å². The van der Waals surface area contributed by atoms with Crippen molar-refractivity contribution in [1.29, 1.82) is 0 Å². The Balaban J connectivity index is 1.49. The number of hydrogen-bond acceptors (Lipinski definition) is 7. The molecule has 1 aliphatic heterocycles. The molecule has 1 fully saturated rings. The fraction of sp³-hybridized carbons (Fsp3) is 0.152. The van der Waals surface area contributed by atoms with Crippen molar-refractivity contribution >= 4 is 23.4 Å². The van der Waals surface area contributed by atoms with Crippen LogP contribution in [0.25, 0.3) is 5.76 Å². The number of likely N-dealkylation sites (tertiary alicyclic amines) is 1. The largest absolute Gasteiger partial charge is 0.507 e. The third-order valence-corrected chi connectivity index (χ3v) is 7.05. The second-order valence-electron chi connectivity index (χ2n) is 9.64. The highest BCUT2D eigenvalue weighted by Gasteiger charge is 2.46. The smallest absolute Gasteiger partial charge is 0.337 e. The first kappa shape index (κ1) is 27.3. The number of methoxy groups -OCH3 is 1. The van der Waals surface area contributed by atoms with Crippen LogP contribution in [0.1, 0.15) is 44.2 Å². The summed E-state index contributed by atoms with van der Waals surface area (Å²) in [7, 11) is 1.29. The molecule has 0 spiro atoms. The quantitative estimate of drug-likeness (QED) is 0.136. The summed E-state index contributed by atoms with van der Waals surface area (Å²) in [4.78, 5) is 44.1. The molecule has 8 nitrogen and oxygen atoms in total. The van der Waals surface area contributed by atoms with Gasteiger partial charge in [0.05, 0.1) is 24.3 Å². The van der Waals surface area contributed by atoms with E-state index >= 15 is 0 Å². The zero-order chi connectivity index (χ0) is 28.9. The molecule has 206 valence electrons. The third-order valence-electron chi connectivity index (χ3n) is 7.05. The summed E-state index contributed by atoms with van der Waals surface area (Å²) >= 11 is 0. The number of ether oxygens (including phenoxy) is 2. The molecule has 0 aliphatic carbocycles. The van der Waals surface area contributed by atoms with Gasteiger partial charge in [-0.15, -0.1) is 0 Å². The van der Waals surface area contributed by atoms with Crippen molar-refractivity contribution < 1.29 is 29.0 Å². The van der Waals surface area contributed by atoms with Gasteiger partial charge in [0, 0.05) is 24.5 Å². The summed E-state index contributed by atoms with van der Waals surface area (Å²) in [5.74, 6) is -1.75. The number of aliphatic hydroxyl groups is 1. The van der Waals surface area contributed by atoms with Gasteiger partial charge < -0.3 is 19.5 Å². The highest BCUT2D eigenvalue weighted by molar-refractivity contribution is 6.46. The second-order valence-corrected chi connectivity index (χ2v) is 9.64. The Morgan fingerprint density at radius 1 is 0.927 bits per heavy atom. The second kappa shape index (κ2) is 11.9. The summed E-state index contributed by atoms with van der Waals surface area (Å²) < 4.78 is 10.7. The molecule has 0 saturated carbocycles. The van der Waals surface area contributed by atoms with Crippen LogP contribution in [0.5, 0.6) is 5.75 Å². The minimum atomic E-state index is -0.890. The average molecular weight is 549 g/mol. The molecular formula is C33H28N2O6. The van der Waals surface area contributed by atoms with Gasteiger partial charge in [-0.1, -0.05) is 42.5 Å². The number of esters is 1. The molecule has 1 N–H and O–H groups in total. The summed E-state index contributed by atoms with van der Waals surface area (Å²) in [6.45, 7) is 2.51. The van der Waals surface area contributed by atoms with Crippen LogP contribution in [0, 0.1) is 6.92 Å². The first-order chi connectivity index (χ1) is 19.9. The number of aromatic nitrogens is 1. The van der Waals surface area contributed by atoms with Crippen LogP contribution in [0.15, 0.2) is 103 Å². The van der Waals surface area contributed by atoms with Crippen molar-refractivity contribution in [2.75, 3.05) is 7.11 Å². The van der Waals surface area contributed by atoms with Gasteiger partial charge in [-0.3, -0.25) is 14.6 Å². The van der Waals surface area contributed by atoms with E-state index in [4.69, 9.17) is 9.47 Å². The topological polar surface area (TPSA) is 106 Å². The van der Waals surface area contributed by atoms with Gasteiger partial charge in [0.2, 0.25) is 0 Å². The monoisotopic (exact) mass is 548 g/mol. The van der Waals surface area contributed by atoms with Crippen molar-refractivity contribution in [2.45, 2.75) is 26.1 Å². The number of amides is 1. The molecule has 0 unspecified atom stereocenters. The third kappa shape index (κ3) is 5.72. The first-order valence-electron chi connectivity index (χ1n) is 13.0. The Hall–Kier alpha value is -5.24. The number of Topliss-reactive ketones (excluding diaryl/α,β-unsaturated/α-hetero) is 1. The normalized spacial score (nSPS) is 16.0. The molecule has 1 aliphatic rings. The molecule has 1 atom stereocenters. The lowest BCUT2D eigenvalue weighted by Crippen LogP contribution is -2.29. The Bertz CT molecular complexity index is 1610. The number of aryl methyl sites for hydroxylation is 1. The number of pyridine rings is 1. The van der Waals surface area contributed by atoms with Crippen LogP contribution in [-0.2, 0) is 27.5 Å². The SMILES string of the molecule is COC(=O)c1ccc([C@@H]2C(=C(O)c3ccc(OCc4ccccc4C)cc3)C(=O)C(=O)N2Cc2cccnc2)cc1. The fourth-order valence-electron chi connectivity index (χ4n) is 4.79. The summed E-state index contributed by atoms with van der Waals surface area (Å²) in [5, 5.41) is 11.4. The molecule has 1 aromatic heterocycles. The van der Waals surface area contributed by atoms with Crippen molar-refractivity contribution in [3.63, 3.8) is 0 Å². The molecule has 0 bridgehead atoms. The molecule has 0 radical (unpaired) electrons. The van der Waals surface area contributed by atoms with Crippen LogP contribution in [-0.4, -0.2) is 39.8 Å².